The molecule has 2 N–H and O–H groups in total. The predicted molar refractivity (Wildman–Crippen MR) is 149 cm³/mol. The molecule has 1 aromatic carbocycles. The van der Waals surface area contributed by atoms with Gasteiger partial charge in [0.2, 0.25) is 5.82 Å². The van der Waals surface area contributed by atoms with Crippen LogP contribution in [0.5, 0.6) is 0 Å². The second-order valence-electron chi connectivity index (χ2n) is 10.5. The van der Waals surface area contributed by atoms with E-state index in [-0.39, 0.29) is 60.3 Å². The maximum absolute atomic E-state index is 15.9. The Morgan fingerprint density at radius 3 is 2.65 bits per heavy atom. The highest BCUT2D eigenvalue weighted by Gasteiger charge is 2.34. The minimum Gasteiger partial charge on any atom is -0.465 e. The molecule has 2 fully saturated rings. The van der Waals surface area contributed by atoms with Gasteiger partial charge in [0.05, 0.1) is 23.9 Å². The van der Waals surface area contributed by atoms with E-state index < -0.39 is 35.5 Å². The average molecular weight is 628 g/mol. The number of likely N-dealkylation sites (tertiary alicyclic amines) is 1. The average Bonchev–Trinajstić information content (AvgIpc) is 3.54. The van der Waals surface area contributed by atoms with Gasteiger partial charge in [-0.2, -0.15) is 17.6 Å². The third kappa shape index (κ3) is 6.80. The number of rotatable bonds is 8. The van der Waals surface area contributed by atoms with Crippen LogP contribution in [0, 0.1) is 11.6 Å². The van der Waals surface area contributed by atoms with Crippen molar-refractivity contribution in [3.8, 4) is 11.3 Å². The van der Waals surface area contributed by atoms with E-state index in [1.54, 1.807) is 4.90 Å². The number of thiazole rings is 1. The van der Waals surface area contributed by atoms with Crippen LogP contribution in [-0.2, 0) is 17.5 Å². The first-order valence-corrected chi connectivity index (χ1v) is 14.4. The maximum atomic E-state index is 15.9. The summed E-state index contributed by atoms with van der Waals surface area (Å²) < 4.78 is 76.0. The number of nitrogens with one attached hydrogen (secondary N) is 1. The van der Waals surface area contributed by atoms with Crippen molar-refractivity contribution in [3.05, 3.63) is 46.6 Å². The first-order chi connectivity index (χ1) is 20.4. The summed E-state index contributed by atoms with van der Waals surface area (Å²) >= 11 is 1.12. The van der Waals surface area contributed by atoms with Gasteiger partial charge in [0.1, 0.15) is 12.1 Å². The van der Waals surface area contributed by atoms with Crippen LogP contribution in [0.1, 0.15) is 30.2 Å². The van der Waals surface area contributed by atoms with Crippen molar-refractivity contribution in [1.29, 1.82) is 0 Å². The number of alkyl halides is 3. The van der Waals surface area contributed by atoms with Gasteiger partial charge in [-0.25, -0.2) is 24.1 Å². The molecular formula is C27H30F5N7O3S. The fourth-order valence-corrected chi connectivity index (χ4v) is 6.44. The number of aromatic nitrogens is 3. The van der Waals surface area contributed by atoms with Gasteiger partial charge in [-0.3, -0.25) is 4.90 Å². The minimum absolute atomic E-state index is 0.0407. The van der Waals surface area contributed by atoms with E-state index in [0.717, 1.165) is 49.2 Å². The van der Waals surface area contributed by atoms with Crippen LogP contribution in [-0.4, -0.2) is 87.9 Å². The molecule has 4 heterocycles. The number of piperazine rings is 1. The number of hydrogen-bond acceptors (Lipinski definition) is 9. The van der Waals surface area contributed by atoms with Crippen LogP contribution in [0.2, 0.25) is 0 Å². The molecule has 2 saturated heterocycles. The molecule has 0 spiro atoms. The molecule has 3 aromatic rings. The summed E-state index contributed by atoms with van der Waals surface area (Å²) in [7, 11) is 1.46. The number of hydrogen-bond donors (Lipinski definition) is 2. The Morgan fingerprint density at radius 2 is 1.98 bits per heavy atom. The van der Waals surface area contributed by atoms with Crippen LogP contribution in [0.4, 0.5) is 43.5 Å². The Morgan fingerprint density at radius 1 is 1.19 bits per heavy atom. The van der Waals surface area contributed by atoms with Crippen molar-refractivity contribution in [1.82, 2.24) is 24.8 Å². The van der Waals surface area contributed by atoms with Gasteiger partial charge >= 0.3 is 12.3 Å². The number of nitrogens with zero attached hydrogens (tertiary/aromatic N) is 6. The van der Waals surface area contributed by atoms with Crippen molar-refractivity contribution in [3.63, 3.8) is 0 Å². The van der Waals surface area contributed by atoms with E-state index in [0.29, 0.717) is 17.5 Å². The number of anilines is 3. The van der Waals surface area contributed by atoms with Crippen molar-refractivity contribution in [2.24, 2.45) is 0 Å². The molecule has 2 aromatic heterocycles. The monoisotopic (exact) mass is 627 g/mol. The molecule has 43 heavy (non-hydrogen) atoms. The number of benzene rings is 1. The summed E-state index contributed by atoms with van der Waals surface area (Å²) in [4.78, 5) is 29.7. The Labute approximate surface area is 248 Å². The number of carbonyl (C=O) groups is 1. The summed E-state index contributed by atoms with van der Waals surface area (Å²) in [6, 6.07) is 2.02. The first kappa shape index (κ1) is 30.8. The summed E-state index contributed by atoms with van der Waals surface area (Å²) in [5.74, 6) is -2.15. The number of amides is 1. The maximum Gasteiger partial charge on any atom is 0.416 e. The molecule has 0 radical (unpaired) electrons. The molecule has 16 heteroatoms. The zero-order valence-corrected chi connectivity index (χ0v) is 24.2. The van der Waals surface area contributed by atoms with Crippen molar-refractivity contribution in [2.45, 2.75) is 44.6 Å². The molecule has 232 valence electrons. The first-order valence-electron chi connectivity index (χ1n) is 13.6. The van der Waals surface area contributed by atoms with Gasteiger partial charge in [0.15, 0.2) is 16.8 Å². The smallest absolute Gasteiger partial charge is 0.416 e. The van der Waals surface area contributed by atoms with Crippen LogP contribution in [0.3, 0.4) is 0 Å². The third-order valence-electron chi connectivity index (χ3n) is 7.61. The lowest BCUT2D eigenvalue weighted by Gasteiger charge is -2.40. The number of halogens is 5. The van der Waals surface area contributed by atoms with Gasteiger partial charge in [-0.1, -0.05) is 11.3 Å². The molecule has 2 atom stereocenters. The van der Waals surface area contributed by atoms with E-state index in [1.165, 1.54) is 12.0 Å². The quantitative estimate of drug-likeness (QED) is 0.316. The highest BCUT2D eigenvalue weighted by molar-refractivity contribution is 7.16. The summed E-state index contributed by atoms with van der Waals surface area (Å²) in [6.07, 6.45) is -2.76. The molecule has 5 rings (SSSR count). The predicted octanol–water partition coefficient (Wildman–Crippen LogP) is 5.44. The largest absolute Gasteiger partial charge is 0.465 e. The Balaban J connectivity index is 1.48. The van der Waals surface area contributed by atoms with Gasteiger partial charge < -0.3 is 25.0 Å². The van der Waals surface area contributed by atoms with Gasteiger partial charge in [-0.05, 0) is 44.5 Å². The molecular weight excluding hydrogens is 597 g/mol. The normalized spacial score (nSPS) is 19.7. The van der Waals surface area contributed by atoms with Crippen molar-refractivity contribution >= 4 is 34.2 Å². The van der Waals surface area contributed by atoms with E-state index >= 15 is 4.39 Å². The fraction of sp³-hybridized carbons (Fsp3) is 0.481. The zero-order chi connectivity index (χ0) is 30.9. The van der Waals surface area contributed by atoms with Gasteiger partial charge in [0.25, 0.3) is 0 Å². The standard InChI is InChI=1S/C27H30F5N7O3S/c1-15-4-3-5-37(15)12-20-22(16-8-17(27(30,31)32)10-18(28)9-16)35-25(43-20)36-23-21(29)24(34-14-33-23)39-7-6-38(26(40)41)11-19(39)13-42-2/h8-10,14-15,19H,3-7,11-13H2,1-2H3,(H,40,41)(H,33,34,35,36)/t15-,19?/m1/s1. The second-order valence-corrected chi connectivity index (χ2v) is 11.6. The van der Waals surface area contributed by atoms with Crippen LogP contribution < -0.4 is 10.2 Å². The van der Waals surface area contributed by atoms with Gasteiger partial charge in [0, 0.05) is 49.8 Å². The summed E-state index contributed by atoms with van der Waals surface area (Å²) in [5.41, 5.74) is -1.01. The van der Waals surface area contributed by atoms with Crippen LogP contribution in [0.25, 0.3) is 11.3 Å². The number of ether oxygens (including phenoxy) is 1. The number of methoxy groups -OCH3 is 1. The molecule has 0 bridgehead atoms. The second kappa shape index (κ2) is 12.5. The molecule has 0 saturated carbocycles. The van der Waals surface area contributed by atoms with E-state index in [2.05, 4.69) is 32.1 Å². The fourth-order valence-electron chi connectivity index (χ4n) is 5.43. The SMILES string of the molecule is COCC1CN(C(=O)O)CCN1c1ncnc(Nc2nc(-c3cc(F)cc(C(F)(F)F)c3)c(CN3CCC[C@H]3C)s2)c1F. The Kier molecular flexibility index (Phi) is 8.99. The van der Waals surface area contributed by atoms with Crippen LogP contribution >= 0.6 is 11.3 Å². The lowest BCUT2D eigenvalue weighted by atomic mass is 10.1. The molecule has 2 aliphatic heterocycles. The molecule has 1 amide bonds. The van der Waals surface area contributed by atoms with E-state index in [1.807, 2.05) is 0 Å². The topological polar surface area (TPSA) is 107 Å². The number of carboxylic acid groups (broad SMARTS) is 1. The molecule has 1 unspecified atom stereocenters. The van der Waals surface area contributed by atoms with E-state index in [9.17, 15) is 27.5 Å². The summed E-state index contributed by atoms with van der Waals surface area (Å²) in [5, 5.41) is 12.4. The molecule has 10 nitrogen and oxygen atoms in total. The summed E-state index contributed by atoms with van der Waals surface area (Å²) in [6.45, 7) is 3.71. The Bertz CT molecular complexity index is 1470. The van der Waals surface area contributed by atoms with Crippen molar-refractivity contribution in [2.75, 3.05) is 50.1 Å². The van der Waals surface area contributed by atoms with Crippen LogP contribution in [0.15, 0.2) is 24.5 Å². The Hall–Kier alpha value is -3.63. The minimum atomic E-state index is -4.76. The van der Waals surface area contributed by atoms with Crippen molar-refractivity contribution < 1.29 is 36.6 Å². The highest BCUT2D eigenvalue weighted by atomic mass is 32.1. The van der Waals surface area contributed by atoms with E-state index in [4.69, 9.17) is 4.74 Å². The lowest BCUT2D eigenvalue weighted by Crippen LogP contribution is -2.56. The third-order valence-corrected chi connectivity index (χ3v) is 8.57. The highest BCUT2D eigenvalue weighted by Crippen LogP contribution is 2.39. The lowest BCUT2D eigenvalue weighted by molar-refractivity contribution is -0.137. The zero-order valence-electron chi connectivity index (χ0n) is 23.4. The molecule has 2 aliphatic rings. The van der Waals surface area contributed by atoms with Gasteiger partial charge in [-0.15, -0.1) is 0 Å². The molecule has 0 aliphatic carbocycles.